The van der Waals surface area contributed by atoms with Crippen LogP contribution in [0, 0.1) is 0 Å². The summed E-state index contributed by atoms with van der Waals surface area (Å²) in [6.07, 6.45) is 0. The molecule has 2 aromatic carbocycles. The van der Waals surface area contributed by atoms with Crippen molar-refractivity contribution in [3.63, 3.8) is 0 Å². The molecular formula is C19H20N2O5S. The van der Waals surface area contributed by atoms with Crippen molar-refractivity contribution in [1.29, 1.82) is 0 Å². The summed E-state index contributed by atoms with van der Waals surface area (Å²) in [6, 6.07) is 14.2. The summed E-state index contributed by atoms with van der Waals surface area (Å²) in [5.74, 6) is 1.03. The van der Waals surface area contributed by atoms with Crippen molar-refractivity contribution in [3.8, 4) is 11.5 Å². The Bertz CT molecular complexity index is 938. The van der Waals surface area contributed by atoms with E-state index in [-0.39, 0.29) is 18.5 Å². The number of sulfonamides is 1. The third-order valence-corrected chi connectivity index (χ3v) is 6.58. The maximum Gasteiger partial charge on any atom is 0.254 e. The lowest BCUT2D eigenvalue weighted by Crippen LogP contribution is -2.50. The molecule has 2 heterocycles. The van der Waals surface area contributed by atoms with Crippen LogP contribution in [0.4, 0.5) is 0 Å². The molecule has 0 unspecified atom stereocenters. The van der Waals surface area contributed by atoms with Gasteiger partial charge in [-0.05, 0) is 23.8 Å². The van der Waals surface area contributed by atoms with Crippen LogP contribution in [-0.2, 0) is 15.8 Å². The van der Waals surface area contributed by atoms with Gasteiger partial charge in [-0.2, -0.15) is 4.31 Å². The number of fused-ring (bicyclic) bond motifs is 1. The van der Waals surface area contributed by atoms with Crippen LogP contribution in [0.2, 0.25) is 0 Å². The van der Waals surface area contributed by atoms with E-state index in [1.807, 2.05) is 18.2 Å². The SMILES string of the molecule is O=C(c1ccc2c(c1)OCO2)N1CCN(S(=O)(=O)Cc2ccccc2)CC1. The number of nitrogens with zero attached hydrogens (tertiary/aromatic N) is 2. The maximum absolute atomic E-state index is 12.7. The molecule has 1 saturated heterocycles. The van der Waals surface area contributed by atoms with E-state index in [1.165, 1.54) is 4.31 Å². The van der Waals surface area contributed by atoms with Gasteiger partial charge < -0.3 is 14.4 Å². The first-order valence-electron chi connectivity index (χ1n) is 8.74. The van der Waals surface area contributed by atoms with Gasteiger partial charge in [0.2, 0.25) is 16.8 Å². The Hall–Kier alpha value is -2.58. The third-order valence-electron chi connectivity index (χ3n) is 4.73. The quantitative estimate of drug-likeness (QED) is 0.797. The molecule has 27 heavy (non-hydrogen) atoms. The number of ether oxygens (including phenoxy) is 2. The van der Waals surface area contributed by atoms with E-state index in [0.29, 0.717) is 43.2 Å². The Kier molecular flexibility index (Phi) is 4.75. The molecule has 1 amide bonds. The molecule has 2 aromatic rings. The predicted molar refractivity (Wildman–Crippen MR) is 99.1 cm³/mol. The van der Waals surface area contributed by atoms with E-state index in [4.69, 9.17) is 9.47 Å². The van der Waals surface area contributed by atoms with Crippen LogP contribution in [0.3, 0.4) is 0 Å². The van der Waals surface area contributed by atoms with Crippen LogP contribution in [-0.4, -0.2) is 56.5 Å². The molecule has 0 saturated carbocycles. The number of hydrogen-bond acceptors (Lipinski definition) is 5. The molecule has 0 aliphatic carbocycles. The van der Waals surface area contributed by atoms with Crippen molar-refractivity contribution in [2.75, 3.05) is 33.0 Å². The Morgan fingerprint density at radius 3 is 2.37 bits per heavy atom. The van der Waals surface area contributed by atoms with E-state index < -0.39 is 10.0 Å². The Morgan fingerprint density at radius 2 is 1.63 bits per heavy atom. The zero-order valence-corrected chi connectivity index (χ0v) is 15.5. The van der Waals surface area contributed by atoms with Gasteiger partial charge in [-0.3, -0.25) is 4.79 Å². The molecule has 1 fully saturated rings. The van der Waals surface area contributed by atoms with Gasteiger partial charge in [0.25, 0.3) is 5.91 Å². The van der Waals surface area contributed by atoms with Crippen molar-refractivity contribution < 1.29 is 22.7 Å². The highest BCUT2D eigenvalue weighted by Crippen LogP contribution is 2.32. The summed E-state index contributed by atoms with van der Waals surface area (Å²) < 4.78 is 37.3. The summed E-state index contributed by atoms with van der Waals surface area (Å²) in [6.45, 7) is 1.48. The zero-order chi connectivity index (χ0) is 18.9. The lowest BCUT2D eigenvalue weighted by molar-refractivity contribution is 0.0697. The van der Waals surface area contributed by atoms with Gasteiger partial charge in [-0.1, -0.05) is 30.3 Å². The molecule has 7 nitrogen and oxygen atoms in total. The van der Waals surface area contributed by atoms with E-state index in [0.717, 1.165) is 5.56 Å². The minimum atomic E-state index is -3.40. The van der Waals surface area contributed by atoms with Crippen LogP contribution in [0.15, 0.2) is 48.5 Å². The summed E-state index contributed by atoms with van der Waals surface area (Å²) in [5.41, 5.74) is 1.27. The van der Waals surface area contributed by atoms with Gasteiger partial charge in [-0.15, -0.1) is 0 Å². The lowest BCUT2D eigenvalue weighted by atomic mass is 10.1. The van der Waals surface area contributed by atoms with Crippen LogP contribution in [0.5, 0.6) is 11.5 Å². The van der Waals surface area contributed by atoms with Gasteiger partial charge >= 0.3 is 0 Å². The summed E-state index contributed by atoms with van der Waals surface area (Å²) in [5, 5.41) is 0. The fraction of sp³-hybridized carbons (Fsp3) is 0.316. The largest absolute Gasteiger partial charge is 0.454 e. The summed E-state index contributed by atoms with van der Waals surface area (Å²) >= 11 is 0. The van der Waals surface area contributed by atoms with E-state index >= 15 is 0 Å². The minimum Gasteiger partial charge on any atom is -0.454 e. The maximum atomic E-state index is 12.7. The number of piperazine rings is 1. The van der Waals surface area contributed by atoms with Crippen LogP contribution in [0.1, 0.15) is 15.9 Å². The highest BCUT2D eigenvalue weighted by Gasteiger charge is 2.29. The number of carbonyl (C=O) groups is 1. The van der Waals surface area contributed by atoms with Crippen molar-refractivity contribution in [3.05, 3.63) is 59.7 Å². The lowest BCUT2D eigenvalue weighted by Gasteiger charge is -2.34. The Balaban J connectivity index is 1.39. The molecule has 142 valence electrons. The Labute approximate surface area is 158 Å². The first-order chi connectivity index (χ1) is 13.0. The molecule has 0 bridgehead atoms. The standard InChI is InChI=1S/C19H20N2O5S/c22-19(16-6-7-17-18(12-16)26-14-25-17)20-8-10-21(11-9-20)27(23,24)13-15-4-2-1-3-5-15/h1-7,12H,8-11,13-14H2. The highest BCUT2D eigenvalue weighted by atomic mass is 32.2. The minimum absolute atomic E-state index is 0.0239. The van der Waals surface area contributed by atoms with E-state index in [9.17, 15) is 13.2 Å². The van der Waals surface area contributed by atoms with Gasteiger partial charge in [0.15, 0.2) is 11.5 Å². The fourth-order valence-electron chi connectivity index (χ4n) is 3.26. The van der Waals surface area contributed by atoms with Gasteiger partial charge in [0.05, 0.1) is 5.75 Å². The van der Waals surface area contributed by atoms with Crippen molar-refractivity contribution in [2.45, 2.75) is 5.75 Å². The monoisotopic (exact) mass is 388 g/mol. The molecule has 0 radical (unpaired) electrons. The highest BCUT2D eigenvalue weighted by molar-refractivity contribution is 7.88. The van der Waals surface area contributed by atoms with E-state index in [2.05, 4.69) is 0 Å². The number of amides is 1. The predicted octanol–water partition coefficient (Wildman–Crippen LogP) is 1.70. The van der Waals surface area contributed by atoms with Crippen molar-refractivity contribution in [1.82, 2.24) is 9.21 Å². The molecule has 8 heteroatoms. The van der Waals surface area contributed by atoms with E-state index in [1.54, 1.807) is 35.2 Å². The number of carbonyl (C=O) groups excluding carboxylic acids is 1. The molecule has 0 N–H and O–H groups in total. The normalized spacial score (nSPS) is 17.1. The number of benzene rings is 2. The Morgan fingerprint density at radius 1 is 0.926 bits per heavy atom. The number of rotatable bonds is 4. The molecule has 0 atom stereocenters. The molecule has 0 aromatic heterocycles. The molecular weight excluding hydrogens is 368 g/mol. The van der Waals surface area contributed by atoms with Crippen LogP contribution < -0.4 is 9.47 Å². The van der Waals surface area contributed by atoms with Gasteiger partial charge in [0.1, 0.15) is 0 Å². The van der Waals surface area contributed by atoms with Gasteiger partial charge in [0, 0.05) is 31.7 Å². The first-order valence-corrected chi connectivity index (χ1v) is 10.3. The second-order valence-corrected chi connectivity index (χ2v) is 8.47. The second kappa shape index (κ2) is 7.21. The smallest absolute Gasteiger partial charge is 0.254 e. The van der Waals surface area contributed by atoms with Crippen LogP contribution >= 0.6 is 0 Å². The van der Waals surface area contributed by atoms with Crippen LogP contribution in [0.25, 0.3) is 0 Å². The van der Waals surface area contributed by atoms with Gasteiger partial charge in [-0.25, -0.2) is 8.42 Å². The first kappa shape index (κ1) is 17.8. The second-order valence-electron chi connectivity index (χ2n) is 6.50. The summed E-state index contributed by atoms with van der Waals surface area (Å²) in [4.78, 5) is 14.4. The zero-order valence-electron chi connectivity index (χ0n) is 14.7. The summed E-state index contributed by atoms with van der Waals surface area (Å²) in [7, 11) is -3.40. The number of hydrogen-bond donors (Lipinski definition) is 0. The molecule has 0 spiro atoms. The van der Waals surface area contributed by atoms with Crippen molar-refractivity contribution >= 4 is 15.9 Å². The average Bonchev–Trinajstić information content (AvgIpc) is 3.16. The average molecular weight is 388 g/mol. The third kappa shape index (κ3) is 3.77. The molecule has 4 rings (SSSR count). The molecule has 2 aliphatic rings. The molecule has 2 aliphatic heterocycles. The fourth-order valence-corrected chi connectivity index (χ4v) is 4.77. The van der Waals surface area contributed by atoms with Crippen molar-refractivity contribution in [2.24, 2.45) is 0 Å². The topological polar surface area (TPSA) is 76.2 Å².